The summed E-state index contributed by atoms with van der Waals surface area (Å²) in [4.78, 5) is 21.4. The maximum atomic E-state index is 13.5. The van der Waals surface area contributed by atoms with E-state index < -0.39 is 17.5 Å². The van der Waals surface area contributed by atoms with Gasteiger partial charge in [-0.2, -0.15) is 10.4 Å². The van der Waals surface area contributed by atoms with Crippen LogP contribution in [-0.2, 0) is 6.54 Å². The average Bonchev–Trinajstić information content (AvgIpc) is 3.29. The van der Waals surface area contributed by atoms with E-state index in [0.717, 1.165) is 34.2 Å². The molecule has 0 saturated heterocycles. The lowest BCUT2D eigenvalue weighted by atomic mass is 10.0. The lowest BCUT2D eigenvalue weighted by Crippen LogP contribution is -2.16. The number of carbonyl (C=O) groups excluding carboxylic acids is 1. The molecule has 9 nitrogen and oxygen atoms in total. The number of halogens is 2. The normalized spacial score (nSPS) is 10.7. The van der Waals surface area contributed by atoms with Crippen molar-refractivity contribution >= 4 is 34.3 Å². The number of nitrogens with one attached hydrogen (secondary N) is 3. The number of aromatic nitrogens is 4. The Morgan fingerprint density at radius 2 is 1.81 bits per heavy atom. The number of fused-ring (bicyclic) bond motifs is 1. The molecule has 0 spiro atoms. The molecule has 37 heavy (non-hydrogen) atoms. The van der Waals surface area contributed by atoms with Crippen molar-refractivity contribution in [2.24, 2.45) is 0 Å². The summed E-state index contributed by atoms with van der Waals surface area (Å²) in [5, 5.41) is 22.3. The molecule has 0 unspecified atom stereocenters. The number of amides is 1. The van der Waals surface area contributed by atoms with Crippen molar-refractivity contribution in [2.45, 2.75) is 6.54 Å². The Hall–Kier alpha value is -5.37. The molecule has 1 amide bonds. The zero-order valence-electron chi connectivity index (χ0n) is 19.1. The molecule has 3 heterocycles. The van der Waals surface area contributed by atoms with Gasteiger partial charge in [-0.3, -0.25) is 9.89 Å². The van der Waals surface area contributed by atoms with Gasteiger partial charge in [-0.15, -0.1) is 0 Å². The Morgan fingerprint density at radius 3 is 2.57 bits per heavy atom. The molecule has 0 atom stereocenters. The van der Waals surface area contributed by atoms with Crippen LogP contribution in [0, 0.1) is 23.0 Å². The number of carbonyl (C=O) groups is 1. The van der Waals surface area contributed by atoms with Crippen LogP contribution in [0.3, 0.4) is 0 Å². The van der Waals surface area contributed by atoms with Crippen LogP contribution >= 0.6 is 0 Å². The van der Waals surface area contributed by atoms with Gasteiger partial charge in [0.25, 0.3) is 5.91 Å². The highest BCUT2D eigenvalue weighted by Crippen LogP contribution is 2.25. The monoisotopic (exact) mass is 496 g/mol. The number of hydrogen-bond acceptors (Lipinski definition) is 7. The van der Waals surface area contributed by atoms with Crippen LogP contribution in [0.5, 0.6) is 0 Å². The largest absolute Gasteiger partial charge is 0.384 e. The third kappa shape index (κ3) is 4.89. The summed E-state index contributed by atoms with van der Waals surface area (Å²) in [5.74, 6) is -2.07. The van der Waals surface area contributed by atoms with Crippen molar-refractivity contribution in [1.29, 1.82) is 5.26 Å². The Bertz CT molecular complexity index is 1680. The third-order valence-corrected chi connectivity index (χ3v) is 5.63. The third-order valence-electron chi connectivity index (χ3n) is 5.63. The zero-order valence-corrected chi connectivity index (χ0v) is 19.1. The van der Waals surface area contributed by atoms with E-state index >= 15 is 0 Å². The number of nitriles is 1. The highest BCUT2D eigenvalue weighted by molar-refractivity contribution is 6.07. The molecule has 3 aromatic heterocycles. The molecule has 5 rings (SSSR count). The number of H-pyrrole nitrogens is 1. The van der Waals surface area contributed by atoms with Crippen molar-refractivity contribution in [3.05, 3.63) is 95.3 Å². The molecular formula is C26H18F2N8O. The Morgan fingerprint density at radius 1 is 1.00 bits per heavy atom. The van der Waals surface area contributed by atoms with E-state index in [-0.39, 0.29) is 22.6 Å². The predicted octanol–water partition coefficient (Wildman–Crippen LogP) is 4.62. The topological polar surface area (TPSA) is 145 Å². The van der Waals surface area contributed by atoms with Crippen molar-refractivity contribution in [3.8, 4) is 17.2 Å². The van der Waals surface area contributed by atoms with Crippen LogP contribution in [0.1, 0.15) is 21.5 Å². The highest BCUT2D eigenvalue weighted by Gasteiger charge is 2.16. The first-order chi connectivity index (χ1) is 17.9. The smallest absolute Gasteiger partial charge is 0.259 e. The second-order valence-electron chi connectivity index (χ2n) is 8.10. The maximum absolute atomic E-state index is 13.5. The number of anilines is 3. The number of nitrogen functional groups attached to an aromatic ring is 1. The van der Waals surface area contributed by atoms with E-state index in [4.69, 9.17) is 5.73 Å². The van der Waals surface area contributed by atoms with E-state index in [1.807, 2.05) is 36.4 Å². The first-order valence-electron chi connectivity index (χ1n) is 11.0. The van der Waals surface area contributed by atoms with E-state index in [0.29, 0.717) is 18.0 Å². The summed E-state index contributed by atoms with van der Waals surface area (Å²) >= 11 is 0. The van der Waals surface area contributed by atoms with Crippen LogP contribution in [-0.4, -0.2) is 26.1 Å². The molecule has 0 radical (unpaired) electrons. The number of rotatable bonds is 6. The lowest BCUT2D eigenvalue weighted by molar-refractivity contribution is 0.102. The quantitative estimate of drug-likeness (QED) is 0.268. The Labute approximate surface area is 209 Å². The fraction of sp³-hybridized carbons (Fsp3) is 0.0385. The van der Waals surface area contributed by atoms with Gasteiger partial charge >= 0.3 is 0 Å². The van der Waals surface area contributed by atoms with E-state index in [2.05, 4.69) is 30.8 Å². The van der Waals surface area contributed by atoms with Crippen molar-refractivity contribution in [3.63, 3.8) is 0 Å². The van der Waals surface area contributed by atoms with Gasteiger partial charge in [0.05, 0.1) is 16.5 Å². The molecule has 0 aliphatic rings. The molecule has 11 heteroatoms. The second kappa shape index (κ2) is 9.71. The standard InChI is InChI=1S/C26H18F2N8O/c27-21-6-5-18(9-22(21)28)34-26(37)20-7-15(10-29)12-32-24(20)31-11-14-1-3-16(4-2-14)17-8-19-23(30)35-36-25(19)33-13-17/h1-9,12-13H,11H2,(H,31,32)(H,34,37)(H3,30,33,35,36). The minimum atomic E-state index is -1.09. The van der Waals surface area contributed by atoms with Crippen LogP contribution in [0.2, 0.25) is 0 Å². The molecule has 182 valence electrons. The molecule has 0 bridgehead atoms. The zero-order chi connectivity index (χ0) is 25.9. The lowest BCUT2D eigenvalue weighted by Gasteiger charge is -2.12. The Kier molecular flexibility index (Phi) is 6.13. The van der Waals surface area contributed by atoms with E-state index in [1.54, 1.807) is 6.20 Å². The van der Waals surface area contributed by atoms with Gasteiger partial charge in [-0.25, -0.2) is 18.7 Å². The van der Waals surface area contributed by atoms with Gasteiger partial charge in [-0.05, 0) is 35.4 Å². The SMILES string of the molecule is N#Cc1cnc(NCc2ccc(-c3cnc4n[nH]c(N)c4c3)cc2)c(C(=O)Nc2ccc(F)c(F)c2)c1. The number of hydrogen-bond donors (Lipinski definition) is 4. The van der Waals surface area contributed by atoms with Crippen molar-refractivity contribution in [2.75, 3.05) is 16.4 Å². The van der Waals surface area contributed by atoms with E-state index in [1.165, 1.54) is 18.3 Å². The van der Waals surface area contributed by atoms with Crippen molar-refractivity contribution < 1.29 is 13.6 Å². The van der Waals surface area contributed by atoms with Crippen LogP contribution in [0.25, 0.3) is 22.2 Å². The molecule has 2 aromatic carbocycles. The number of nitrogens with two attached hydrogens (primary N) is 1. The number of pyridine rings is 2. The molecule has 0 aliphatic heterocycles. The molecule has 5 aromatic rings. The number of nitrogens with zero attached hydrogens (tertiary/aromatic N) is 4. The average molecular weight is 496 g/mol. The molecule has 5 N–H and O–H groups in total. The molecular weight excluding hydrogens is 478 g/mol. The predicted molar refractivity (Wildman–Crippen MR) is 134 cm³/mol. The van der Waals surface area contributed by atoms with Gasteiger partial charge in [-0.1, -0.05) is 24.3 Å². The minimum Gasteiger partial charge on any atom is -0.384 e. The summed E-state index contributed by atoms with van der Waals surface area (Å²) < 4.78 is 26.8. The summed E-state index contributed by atoms with van der Waals surface area (Å²) in [6.07, 6.45) is 3.05. The second-order valence-corrected chi connectivity index (χ2v) is 8.10. The van der Waals surface area contributed by atoms with Gasteiger partial charge in [0.15, 0.2) is 17.3 Å². The maximum Gasteiger partial charge on any atom is 0.259 e. The number of aromatic amines is 1. The number of benzene rings is 2. The van der Waals surface area contributed by atoms with Gasteiger partial charge in [0.1, 0.15) is 17.7 Å². The minimum absolute atomic E-state index is 0.0673. The van der Waals surface area contributed by atoms with Gasteiger partial charge in [0.2, 0.25) is 0 Å². The van der Waals surface area contributed by atoms with Gasteiger partial charge < -0.3 is 16.4 Å². The van der Waals surface area contributed by atoms with Crippen molar-refractivity contribution in [1.82, 2.24) is 20.2 Å². The fourth-order valence-electron chi connectivity index (χ4n) is 3.69. The van der Waals surface area contributed by atoms with Crippen LogP contribution in [0.15, 0.2) is 67.0 Å². The van der Waals surface area contributed by atoms with E-state index in [9.17, 15) is 18.8 Å². The first-order valence-corrected chi connectivity index (χ1v) is 11.0. The summed E-state index contributed by atoms with van der Waals surface area (Å²) in [6.45, 7) is 0.330. The molecule has 0 aliphatic carbocycles. The summed E-state index contributed by atoms with van der Waals surface area (Å²) in [6, 6.07) is 15.9. The molecule has 0 saturated carbocycles. The van der Waals surface area contributed by atoms with Crippen LogP contribution < -0.4 is 16.4 Å². The first kappa shape index (κ1) is 23.4. The fourth-order valence-corrected chi connectivity index (χ4v) is 3.69. The highest BCUT2D eigenvalue weighted by atomic mass is 19.2. The van der Waals surface area contributed by atoms with Gasteiger partial charge in [0, 0.05) is 36.3 Å². The summed E-state index contributed by atoms with van der Waals surface area (Å²) in [7, 11) is 0. The molecule has 0 fully saturated rings. The summed E-state index contributed by atoms with van der Waals surface area (Å²) in [5.41, 5.74) is 9.48. The Balaban J connectivity index is 1.33. The van der Waals surface area contributed by atoms with Crippen LogP contribution in [0.4, 0.5) is 26.1 Å².